The summed E-state index contributed by atoms with van der Waals surface area (Å²) in [5.74, 6) is -2.39. The molecule has 4 heteroatoms. The summed E-state index contributed by atoms with van der Waals surface area (Å²) in [5.41, 5.74) is 0.00769. The Balaban J connectivity index is 3.11. The van der Waals surface area contributed by atoms with Crippen LogP contribution < -0.4 is 0 Å². The smallest absolute Gasteiger partial charge is 0.338 e. The van der Waals surface area contributed by atoms with Crippen LogP contribution in [0.5, 0.6) is 0 Å². The maximum absolute atomic E-state index is 13.2. The summed E-state index contributed by atoms with van der Waals surface area (Å²) in [4.78, 5) is 21.2. The number of carboxylic acids is 1. The molecule has 1 atom stereocenters. The van der Waals surface area contributed by atoms with Crippen LogP contribution in [0.2, 0.25) is 0 Å². The van der Waals surface area contributed by atoms with Crippen molar-refractivity contribution in [2.75, 3.05) is 0 Å². The van der Waals surface area contributed by atoms with Gasteiger partial charge >= 0.3 is 5.97 Å². The highest BCUT2D eigenvalue weighted by molar-refractivity contribution is 5.89. The fourth-order valence-corrected chi connectivity index (χ4v) is 1.37. The average molecular weight is 210 g/mol. The van der Waals surface area contributed by atoms with Crippen molar-refractivity contribution in [1.82, 2.24) is 0 Å². The molecule has 0 aliphatic heterocycles. The van der Waals surface area contributed by atoms with Crippen LogP contribution >= 0.6 is 0 Å². The van der Waals surface area contributed by atoms with E-state index in [0.29, 0.717) is 5.56 Å². The Kier molecular flexibility index (Phi) is 3.55. The first-order chi connectivity index (χ1) is 7.06. The molecule has 3 nitrogen and oxygen atoms in total. The third kappa shape index (κ3) is 2.62. The molecule has 0 fully saturated rings. The molecule has 0 radical (unpaired) electrons. The molecule has 1 unspecified atom stereocenters. The Labute approximate surface area is 86.5 Å². The van der Waals surface area contributed by atoms with Crippen LogP contribution in [-0.4, -0.2) is 17.4 Å². The zero-order chi connectivity index (χ0) is 11.4. The molecule has 1 aromatic carbocycles. The van der Waals surface area contributed by atoms with Crippen molar-refractivity contribution >= 4 is 12.3 Å². The number of hydrogen-bond donors (Lipinski definition) is 1. The van der Waals surface area contributed by atoms with E-state index in [1.54, 1.807) is 6.92 Å². The summed E-state index contributed by atoms with van der Waals surface area (Å²) < 4.78 is 13.2. The van der Waals surface area contributed by atoms with Crippen molar-refractivity contribution in [2.24, 2.45) is 5.92 Å². The molecule has 0 aliphatic rings. The van der Waals surface area contributed by atoms with E-state index in [-0.39, 0.29) is 17.9 Å². The van der Waals surface area contributed by atoms with Gasteiger partial charge in [-0.05, 0) is 18.1 Å². The fourth-order valence-electron chi connectivity index (χ4n) is 1.37. The van der Waals surface area contributed by atoms with Crippen molar-refractivity contribution in [3.05, 3.63) is 35.1 Å². The zero-order valence-electron chi connectivity index (χ0n) is 8.24. The van der Waals surface area contributed by atoms with Crippen molar-refractivity contribution < 1.29 is 19.1 Å². The van der Waals surface area contributed by atoms with E-state index >= 15 is 0 Å². The molecule has 1 aromatic rings. The monoisotopic (exact) mass is 210 g/mol. The largest absolute Gasteiger partial charge is 0.478 e. The summed E-state index contributed by atoms with van der Waals surface area (Å²) in [7, 11) is 0. The maximum Gasteiger partial charge on any atom is 0.338 e. The van der Waals surface area contributed by atoms with E-state index in [9.17, 15) is 14.0 Å². The summed E-state index contributed by atoms with van der Waals surface area (Å²) >= 11 is 0. The minimum Gasteiger partial charge on any atom is -0.478 e. The van der Waals surface area contributed by atoms with E-state index in [4.69, 9.17) is 5.11 Å². The fraction of sp³-hybridized carbons (Fsp3) is 0.273. The second kappa shape index (κ2) is 4.68. The van der Waals surface area contributed by atoms with Crippen molar-refractivity contribution in [3.8, 4) is 0 Å². The number of halogens is 1. The van der Waals surface area contributed by atoms with Gasteiger partial charge in [-0.15, -0.1) is 0 Å². The molecule has 0 amide bonds. The third-order valence-corrected chi connectivity index (χ3v) is 2.09. The lowest BCUT2D eigenvalue weighted by molar-refractivity contribution is -0.110. The highest BCUT2D eigenvalue weighted by atomic mass is 19.1. The predicted octanol–water partition coefficient (Wildman–Crippen LogP) is 1.90. The number of hydrogen-bond acceptors (Lipinski definition) is 2. The van der Waals surface area contributed by atoms with E-state index in [1.807, 2.05) is 0 Å². The van der Waals surface area contributed by atoms with Crippen LogP contribution in [0.4, 0.5) is 4.39 Å². The lowest BCUT2D eigenvalue weighted by Gasteiger charge is -2.08. The summed E-state index contributed by atoms with van der Waals surface area (Å²) in [6, 6.07) is 4.06. The number of aldehydes is 1. The van der Waals surface area contributed by atoms with E-state index in [0.717, 1.165) is 12.4 Å². The molecule has 0 aliphatic carbocycles. The minimum absolute atomic E-state index is 0.239. The Hall–Kier alpha value is -1.71. The van der Waals surface area contributed by atoms with Crippen LogP contribution in [0.1, 0.15) is 22.8 Å². The lowest BCUT2D eigenvalue weighted by Crippen LogP contribution is -2.09. The van der Waals surface area contributed by atoms with E-state index < -0.39 is 11.8 Å². The van der Waals surface area contributed by atoms with Gasteiger partial charge in [-0.25, -0.2) is 9.18 Å². The van der Waals surface area contributed by atoms with Gasteiger partial charge < -0.3 is 9.90 Å². The van der Waals surface area contributed by atoms with Gasteiger partial charge in [0.25, 0.3) is 0 Å². The van der Waals surface area contributed by atoms with Gasteiger partial charge in [-0.2, -0.15) is 0 Å². The molecule has 1 rings (SSSR count). The molecular formula is C11H11FO3. The van der Waals surface area contributed by atoms with Gasteiger partial charge in [0.05, 0.1) is 5.56 Å². The number of rotatable bonds is 4. The topological polar surface area (TPSA) is 54.4 Å². The Bertz CT molecular complexity index is 387. The van der Waals surface area contributed by atoms with E-state index in [2.05, 4.69) is 0 Å². The quantitative estimate of drug-likeness (QED) is 0.772. The molecule has 0 saturated heterocycles. The van der Waals surface area contributed by atoms with Crippen molar-refractivity contribution in [1.29, 1.82) is 0 Å². The SMILES string of the molecule is CC(C=O)Cc1cccc(F)c1C(=O)O. The van der Waals surface area contributed by atoms with Crippen LogP contribution in [0, 0.1) is 11.7 Å². The van der Waals surface area contributed by atoms with Gasteiger partial charge in [0.2, 0.25) is 0 Å². The van der Waals surface area contributed by atoms with Crippen molar-refractivity contribution in [3.63, 3.8) is 0 Å². The normalized spacial score (nSPS) is 12.1. The van der Waals surface area contributed by atoms with Gasteiger partial charge in [-0.1, -0.05) is 19.1 Å². The third-order valence-electron chi connectivity index (χ3n) is 2.09. The zero-order valence-corrected chi connectivity index (χ0v) is 8.24. The summed E-state index contributed by atoms with van der Waals surface area (Å²) in [6.07, 6.45) is 0.958. The molecule has 15 heavy (non-hydrogen) atoms. The molecule has 0 bridgehead atoms. The van der Waals surface area contributed by atoms with Crippen LogP contribution in [0.3, 0.4) is 0 Å². The van der Waals surface area contributed by atoms with Crippen LogP contribution in [0.15, 0.2) is 18.2 Å². The van der Waals surface area contributed by atoms with Gasteiger partial charge in [0.15, 0.2) is 0 Å². The minimum atomic E-state index is -1.30. The number of aromatic carboxylic acids is 1. The molecule has 0 spiro atoms. The summed E-state index contributed by atoms with van der Waals surface area (Å²) in [5, 5.41) is 8.80. The molecule has 1 N–H and O–H groups in total. The first kappa shape index (κ1) is 11.4. The lowest BCUT2D eigenvalue weighted by atomic mass is 9.97. The van der Waals surface area contributed by atoms with Gasteiger partial charge in [0.1, 0.15) is 12.1 Å². The highest BCUT2D eigenvalue weighted by Crippen LogP contribution is 2.16. The maximum atomic E-state index is 13.2. The number of carbonyl (C=O) groups excluding carboxylic acids is 1. The standard InChI is InChI=1S/C11H11FO3/c1-7(6-13)5-8-3-2-4-9(12)10(8)11(14)15/h2-4,6-7H,5H2,1H3,(H,14,15). The van der Waals surface area contributed by atoms with Crippen molar-refractivity contribution in [2.45, 2.75) is 13.3 Å². The number of benzene rings is 1. The Morgan fingerprint density at radius 2 is 2.27 bits per heavy atom. The molecule has 0 aromatic heterocycles. The average Bonchev–Trinajstić information content (AvgIpc) is 2.17. The van der Waals surface area contributed by atoms with Crippen LogP contribution in [-0.2, 0) is 11.2 Å². The number of carboxylic acid groups (broad SMARTS) is 1. The number of carbonyl (C=O) groups is 2. The molecule has 80 valence electrons. The second-order valence-electron chi connectivity index (χ2n) is 3.40. The van der Waals surface area contributed by atoms with E-state index in [1.165, 1.54) is 12.1 Å². The molecule has 0 heterocycles. The first-order valence-electron chi connectivity index (χ1n) is 4.52. The van der Waals surface area contributed by atoms with Gasteiger partial charge in [-0.3, -0.25) is 0 Å². The van der Waals surface area contributed by atoms with Gasteiger partial charge in [0, 0.05) is 5.92 Å². The summed E-state index contributed by atoms with van der Waals surface area (Å²) in [6.45, 7) is 1.66. The predicted molar refractivity (Wildman–Crippen MR) is 52.3 cm³/mol. The first-order valence-corrected chi connectivity index (χ1v) is 4.52. The Morgan fingerprint density at radius 1 is 1.60 bits per heavy atom. The second-order valence-corrected chi connectivity index (χ2v) is 3.40. The Morgan fingerprint density at radius 3 is 2.80 bits per heavy atom. The highest BCUT2D eigenvalue weighted by Gasteiger charge is 2.16. The molecular weight excluding hydrogens is 199 g/mol. The molecule has 0 saturated carbocycles. The van der Waals surface area contributed by atoms with Crippen LogP contribution in [0.25, 0.3) is 0 Å².